The second-order valence-electron chi connectivity index (χ2n) is 9.04. The van der Waals surface area contributed by atoms with E-state index in [0.717, 1.165) is 17.7 Å². The van der Waals surface area contributed by atoms with Crippen LogP contribution in [0.5, 0.6) is 0 Å². The minimum atomic E-state index is 0. The number of fused-ring (bicyclic) bond motifs is 2. The lowest BCUT2D eigenvalue weighted by Gasteiger charge is -2.45. The van der Waals surface area contributed by atoms with E-state index in [2.05, 4.69) is 60.5 Å². The van der Waals surface area contributed by atoms with Crippen LogP contribution in [0.3, 0.4) is 0 Å². The van der Waals surface area contributed by atoms with Crippen molar-refractivity contribution in [3.05, 3.63) is 60.4 Å². The maximum absolute atomic E-state index is 12.4. The van der Waals surface area contributed by atoms with Gasteiger partial charge in [0.1, 0.15) is 6.10 Å². The van der Waals surface area contributed by atoms with Gasteiger partial charge in [0.25, 0.3) is 0 Å². The molecule has 0 radical (unpaired) electrons. The Kier molecular flexibility index (Phi) is 6.29. The molecule has 2 heterocycles. The van der Waals surface area contributed by atoms with Gasteiger partial charge in [0.15, 0.2) is 0 Å². The minimum Gasteiger partial charge on any atom is -0.462 e. The number of ether oxygens (including phenoxy) is 1. The predicted octanol–water partition coefficient (Wildman–Crippen LogP) is 6.19. The van der Waals surface area contributed by atoms with Crippen molar-refractivity contribution in [1.82, 2.24) is 4.98 Å². The number of carbonyl (C=O) groups excluding carboxylic acids is 1. The second-order valence-corrected chi connectivity index (χ2v) is 9.04. The van der Waals surface area contributed by atoms with Crippen LogP contribution in [0.4, 0.5) is 0 Å². The average molecular weight is 424 g/mol. The van der Waals surface area contributed by atoms with Gasteiger partial charge in [-0.05, 0) is 55.2 Å². The Hall–Kier alpha value is -2.13. The summed E-state index contributed by atoms with van der Waals surface area (Å²) in [7, 11) is 0. The zero-order valence-electron chi connectivity index (χ0n) is 17.4. The number of aromatic nitrogens is 1. The van der Waals surface area contributed by atoms with Gasteiger partial charge in [-0.15, -0.1) is 12.4 Å². The van der Waals surface area contributed by atoms with Gasteiger partial charge in [-0.25, -0.2) is 0 Å². The molecule has 4 heteroatoms. The smallest absolute Gasteiger partial charge is 0.309 e. The van der Waals surface area contributed by atoms with Crippen LogP contribution in [0.15, 0.2) is 54.7 Å². The molecular formula is C26H30ClNO2. The standard InChI is InChI=1S/C26H29NO2.ClH/c1-17-25-23(22-10-6-5-9-19(22)15-24(25)26(28)29-17)14-13-21-12-11-20(16-27-21)18-7-3-2-4-8-18;/h2-4,7-8,11-14,16-17,19,22-25H,5-6,9-10,15H2,1H3;1H/b14-13+;/t17-,19+,22-,23+,24-,25+;/m1./s1. The first-order chi connectivity index (χ1) is 14.2. The van der Waals surface area contributed by atoms with Gasteiger partial charge in [-0.2, -0.15) is 0 Å². The van der Waals surface area contributed by atoms with Crippen LogP contribution in [0.2, 0.25) is 0 Å². The molecule has 0 spiro atoms. The van der Waals surface area contributed by atoms with Crippen molar-refractivity contribution < 1.29 is 9.53 Å². The highest BCUT2D eigenvalue weighted by Gasteiger charge is 2.53. The number of pyridine rings is 1. The molecule has 0 N–H and O–H groups in total. The molecule has 1 aromatic carbocycles. The summed E-state index contributed by atoms with van der Waals surface area (Å²) < 4.78 is 5.67. The highest BCUT2D eigenvalue weighted by atomic mass is 35.5. The van der Waals surface area contributed by atoms with Crippen molar-refractivity contribution >= 4 is 24.5 Å². The molecule has 2 aromatic rings. The fourth-order valence-corrected chi connectivity index (χ4v) is 6.10. The van der Waals surface area contributed by atoms with Crippen LogP contribution in [0.25, 0.3) is 17.2 Å². The van der Waals surface area contributed by atoms with E-state index in [4.69, 9.17) is 4.74 Å². The largest absolute Gasteiger partial charge is 0.462 e. The fraction of sp³-hybridized carbons (Fsp3) is 0.462. The Morgan fingerprint density at radius 2 is 1.83 bits per heavy atom. The van der Waals surface area contributed by atoms with Crippen LogP contribution >= 0.6 is 12.4 Å². The third kappa shape index (κ3) is 3.92. The lowest BCUT2D eigenvalue weighted by Crippen LogP contribution is -2.42. The number of esters is 1. The van der Waals surface area contributed by atoms with Crippen LogP contribution in [-0.2, 0) is 9.53 Å². The molecule has 0 amide bonds. The van der Waals surface area contributed by atoms with E-state index in [1.54, 1.807) is 0 Å². The highest BCUT2D eigenvalue weighted by Crippen LogP contribution is 2.53. The molecule has 6 atom stereocenters. The van der Waals surface area contributed by atoms with E-state index in [9.17, 15) is 4.79 Å². The molecule has 3 nitrogen and oxygen atoms in total. The number of benzene rings is 1. The summed E-state index contributed by atoms with van der Waals surface area (Å²) >= 11 is 0. The number of cyclic esters (lactones) is 1. The molecule has 3 aliphatic rings. The number of hydrogen-bond donors (Lipinski definition) is 0. The first-order valence-electron chi connectivity index (χ1n) is 11.1. The molecule has 1 aromatic heterocycles. The van der Waals surface area contributed by atoms with Crippen molar-refractivity contribution in [2.24, 2.45) is 29.6 Å². The summed E-state index contributed by atoms with van der Waals surface area (Å²) in [5.74, 6) is 2.22. The first kappa shape index (κ1) is 21.1. The van der Waals surface area contributed by atoms with E-state index >= 15 is 0 Å². The van der Waals surface area contributed by atoms with Gasteiger partial charge >= 0.3 is 5.97 Å². The molecule has 158 valence electrons. The topological polar surface area (TPSA) is 39.2 Å². The maximum Gasteiger partial charge on any atom is 0.309 e. The third-order valence-corrected chi connectivity index (χ3v) is 7.46. The molecule has 0 unspecified atom stereocenters. The summed E-state index contributed by atoms with van der Waals surface area (Å²) in [6.07, 6.45) is 12.7. The van der Waals surface area contributed by atoms with Crippen molar-refractivity contribution in [1.29, 1.82) is 0 Å². The molecule has 0 bridgehead atoms. The lowest BCUT2D eigenvalue weighted by molar-refractivity contribution is -0.144. The molecule has 3 fully saturated rings. The quantitative estimate of drug-likeness (QED) is 0.552. The highest BCUT2D eigenvalue weighted by molar-refractivity contribution is 5.85. The van der Waals surface area contributed by atoms with Crippen molar-refractivity contribution in [3.8, 4) is 11.1 Å². The van der Waals surface area contributed by atoms with Crippen molar-refractivity contribution in [2.75, 3.05) is 0 Å². The Balaban J connectivity index is 0.00000218. The van der Waals surface area contributed by atoms with Crippen LogP contribution in [0.1, 0.15) is 44.7 Å². The number of halogens is 1. The number of allylic oxidation sites excluding steroid dienone is 1. The van der Waals surface area contributed by atoms with Crippen molar-refractivity contribution in [3.63, 3.8) is 0 Å². The summed E-state index contributed by atoms with van der Waals surface area (Å²) in [5.41, 5.74) is 3.31. The van der Waals surface area contributed by atoms with Crippen molar-refractivity contribution in [2.45, 2.75) is 45.1 Å². The Morgan fingerprint density at radius 3 is 2.60 bits per heavy atom. The Labute approximate surface area is 185 Å². The van der Waals surface area contributed by atoms with E-state index in [0.29, 0.717) is 23.7 Å². The summed E-state index contributed by atoms with van der Waals surface area (Å²) in [6.45, 7) is 2.08. The van der Waals surface area contributed by atoms with Gasteiger partial charge < -0.3 is 4.74 Å². The molecule has 2 saturated carbocycles. The normalized spacial score (nSPS) is 32.8. The summed E-state index contributed by atoms with van der Waals surface area (Å²) in [5, 5.41) is 0. The van der Waals surface area contributed by atoms with Gasteiger partial charge in [0.2, 0.25) is 0 Å². The maximum atomic E-state index is 12.4. The van der Waals surface area contributed by atoms with Crippen LogP contribution < -0.4 is 0 Å². The molecular weight excluding hydrogens is 394 g/mol. The van der Waals surface area contributed by atoms with Gasteiger partial charge in [0.05, 0.1) is 11.6 Å². The van der Waals surface area contributed by atoms with Gasteiger partial charge in [-0.1, -0.05) is 61.7 Å². The zero-order chi connectivity index (χ0) is 19.8. The SMILES string of the molecule is C[C@H]1OC(=O)[C@@H]2C[C@@H]3CCCC[C@H]3[C@H](/C=C/c3ccc(-c4ccccc4)cn3)[C@H]12.Cl. The molecule has 2 aliphatic carbocycles. The van der Waals surface area contributed by atoms with Crippen LogP contribution in [0, 0.1) is 29.6 Å². The number of carbonyl (C=O) groups is 1. The Bertz CT molecular complexity index is 895. The number of rotatable bonds is 3. The third-order valence-electron chi connectivity index (χ3n) is 7.46. The number of hydrogen-bond acceptors (Lipinski definition) is 3. The summed E-state index contributed by atoms with van der Waals surface area (Å²) in [4.78, 5) is 17.1. The first-order valence-corrected chi connectivity index (χ1v) is 11.1. The Morgan fingerprint density at radius 1 is 1.03 bits per heavy atom. The van der Waals surface area contributed by atoms with E-state index in [1.165, 1.54) is 31.2 Å². The summed E-state index contributed by atoms with van der Waals surface area (Å²) in [6, 6.07) is 14.6. The monoisotopic (exact) mass is 423 g/mol. The molecule has 1 saturated heterocycles. The fourth-order valence-electron chi connectivity index (χ4n) is 6.10. The second kappa shape index (κ2) is 8.93. The average Bonchev–Trinajstić information content (AvgIpc) is 3.05. The van der Waals surface area contributed by atoms with Gasteiger partial charge in [-0.3, -0.25) is 9.78 Å². The van der Waals surface area contributed by atoms with Gasteiger partial charge in [0, 0.05) is 17.7 Å². The lowest BCUT2D eigenvalue weighted by atomic mass is 9.57. The molecule has 1 aliphatic heterocycles. The van der Waals surface area contributed by atoms with E-state index in [1.807, 2.05) is 12.3 Å². The van der Waals surface area contributed by atoms with E-state index in [-0.39, 0.29) is 30.4 Å². The van der Waals surface area contributed by atoms with Crippen LogP contribution in [-0.4, -0.2) is 17.1 Å². The predicted molar refractivity (Wildman–Crippen MR) is 122 cm³/mol. The zero-order valence-corrected chi connectivity index (χ0v) is 18.3. The van der Waals surface area contributed by atoms with E-state index < -0.39 is 0 Å². The molecule has 5 rings (SSSR count). The molecule has 30 heavy (non-hydrogen) atoms. The number of nitrogens with zero attached hydrogens (tertiary/aromatic N) is 1. The minimum absolute atomic E-state index is 0.